The van der Waals surface area contributed by atoms with Gasteiger partial charge in [-0.1, -0.05) is 26.8 Å². The number of benzene rings is 2. The maximum absolute atomic E-state index is 13.0. The van der Waals surface area contributed by atoms with Crippen molar-refractivity contribution in [3.63, 3.8) is 0 Å². The fourth-order valence-electron chi connectivity index (χ4n) is 3.85. The Labute approximate surface area is 219 Å². The molecule has 0 N–H and O–H groups in total. The molecule has 1 heterocycles. The standard InChI is InChI=1S/C28H36O8Si/c1-28(2,3)37(8,9)36-20-12-11-18(16-21(20)31-4)25-24(27(30)34-7)19-14-17(10-13-23(29)33-6)15-22(32-5)26(19)35-25/h10-16,24-25H,1-9H3/b13-10+/t24-,25+/m1/s1. The Balaban J connectivity index is 2.06. The van der Waals surface area contributed by atoms with Gasteiger partial charge >= 0.3 is 11.9 Å². The molecule has 1 aliphatic rings. The van der Waals surface area contributed by atoms with Gasteiger partial charge in [0.2, 0.25) is 0 Å². The summed E-state index contributed by atoms with van der Waals surface area (Å²) >= 11 is 0. The van der Waals surface area contributed by atoms with Crippen molar-refractivity contribution in [1.82, 2.24) is 0 Å². The molecule has 0 aromatic heterocycles. The highest BCUT2D eigenvalue weighted by Gasteiger charge is 2.44. The predicted octanol–water partition coefficient (Wildman–Crippen LogP) is 5.66. The van der Waals surface area contributed by atoms with Crippen molar-refractivity contribution in [3.05, 3.63) is 53.1 Å². The molecule has 8 nitrogen and oxygen atoms in total. The van der Waals surface area contributed by atoms with Crippen LogP contribution in [0.1, 0.15) is 49.5 Å². The normalized spacial score (nSPS) is 17.1. The zero-order valence-electron chi connectivity index (χ0n) is 23.0. The fraction of sp³-hybridized carbons (Fsp3) is 0.429. The van der Waals surface area contributed by atoms with Crippen LogP contribution in [0.5, 0.6) is 23.0 Å². The highest BCUT2D eigenvalue weighted by atomic mass is 28.4. The van der Waals surface area contributed by atoms with Crippen molar-refractivity contribution in [1.29, 1.82) is 0 Å². The summed E-state index contributed by atoms with van der Waals surface area (Å²) in [6.45, 7) is 10.9. The number of carbonyl (C=O) groups is 2. The zero-order valence-corrected chi connectivity index (χ0v) is 24.0. The predicted molar refractivity (Wildman–Crippen MR) is 143 cm³/mol. The van der Waals surface area contributed by atoms with Crippen LogP contribution in [0.25, 0.3) is 6.08 Å². The summed E-state index contributed by atoms with van der Waals surface area (Å²) in [4.78, 5) is 24.6. The van der Waals surface area contributed by atoms with Crippen LogP contribution in [-0.2, 0) is 19.1 Å². The minimum absolute atomic E-state index is 0.0133. The molecule has 37 heavy (non-hydrogen) atoms. The SMILES string of the molecule is COC(=O)/C=C/c1cc(OC)c2c(c1)[C@@H](C(=O)OC)[C@H](c1ccc(O[Si](C)(C)C(C)(C)C)c(OC)c1)O2. The molecule has 0 saturated carbocycles. The molecule has 2 aromatic carbocycles. The van der Waals surface area contributed by atoms with Gasteiger partial charge in [0.25, 0.3) is 8.32 Å². The van der Waals surface area contributed by atoms with Gasteiger partial charge in [0.15, 0.2) is 17.2 Å². The second-order valence-corrected chi connectivity index (χ2v) is 15.0. The molecule has 1 aliphatic heterocycles. The average molecular weight is 529 g/mol. The molecule has 0 aliphatic carbocycles. The highest BCUT2D eigenvalue weighted by molar-refractivity contribution is 6.74. The molecular weight excluding hydrogens is 492 g/mol. The average Bonchev–Trinajstić information content (AvgIpc) is 3.25. The van der Waals surface area contributed by atoms with Gasteiger partial charge in [-0.3, -0.25) is 4.79 Å². The molecule has 0 bridgehead atoms. The van der Waals surface area contributed by atoms with Crippen LogP contribution in [0.3, 0.4) is 0 Å². The molecule has 0 spiro atoms. The first-order chi connectivity index (χ1) is 17.4. The molecule has 3 rings (SSSR count). The largest absolute Gasteiger partial charge is 0.541 e. The third-order valence-electron chi connectivity index (χ3n) is 6.96. The van der Waals surface area contributed by atoms with Crippen LogP contribution in [-0.4, -0.2) is 48.7 Å². The summed E-state index contributed by atoms with van der Waals surface area (Å²) in [6, 6.07) is 9.08. The van der Waals surface area contributed by atoms with Crippen LogP contribution in [0.2, 0.25) is 18.1 Å². The highest BCUT2D eigenvalue weighted by Crippen LogP contribution is 2.52. The second-order valence-electron chi connectivity index (χ2n) is 10.3. The lowest BCUT2D eigenvalue weighted by molar-refractivity contribution is -0.144. The molecule has 2 aromatic rings. The molecular formula is C28H36O8Si. The van der Waals surface area contributed by atoms with Gasteiger partial charge in [-0.25, -0.2) is 4.79 Å². The first kappa shape index (κ1) is 28.1. The van der Waals surface area contributed by atoms with Gasteiger partial charge in [0.1, 0.15) is 17.8 Å². The second kappa shape index (κ2) is 10.9. The third-order valence-corrected chi connectivity index (χ3v) is 11.3. The van der Waals surface area contributed by atoms with E-state index in [9.17, 15) is 9.59 Å². The van der Waals surface area contributed by atoms with Crippen molar-refractivity contribution < 1.29 is 37.7 Å². The van der Waals surface area contributed by atoms with Gasteiger partial charge < -0.3 is 28.1 Å². The first-order valence-corrected chi connectivity index (χ1v) is 14.9. The Hall–Kier alpha value is -3.46. The summed E-state index contributed by atoms with van der Waals surface area (Å²) in [6.07, 6.45) is 2.20. The maximum atomic E-state index is 13.0. The number of carbonyl (C=O) groups excluding carboxylic acids is 2. The Morgan fingerprint density at radius 1 is 0.919 bits per heavy atom. The fourth-order valence-corrected chi connectivity index (χ4v) is 4.88. The lowest BCUT2D eigenvalue weighted by atomic mass is 9.90. The molecule has 9 heteroatoms. The van der Waals surface area contributed by atoms with Gasteiger partial charge in [-0.05, 0) is 59.6 Å². The summed E-state index contributed by atoms with van der Waals surface area (Å²) in [7, 11) is 3.64. The lowest BCUT2D eigenvalue weighted by Crippen LogP contribution is -2.43. The molecule has 0 fully saturated rings. The number of hydrogen-bond acceptors (Lipinski definition) is 8. The van der Waals surface area contributed by atoms with E-state index in [-0.39, 0.29) is 5.04 Å². The van der Waals surface area contributed by atoms with E-state index in [0.717, 1.165) is 5.56 Å². The minimum Gasteiger partial charge on any atom is -0.541 e. The molecule has 0 saturated heterocycles. The first-order valence-electron chi connectivity index (χ1n) is 12.0. The third kappa shape index (κ3) is 5.77. The lowest BCUT2D eigenvalue weighted by Gasteiger charge is -2.36. The number of hydrogen-bond donors (Lipinski definition) is 0. The maximum Gasteiger partial charge on any atom is 0.330 e. The number of methoxy groups -OCH3 is 4. The van der Waals surface area contributed by atoms with E-state index >= 15 is 0 Å². The molecule has 2 atom stereocenters. The summed E-state index contributed by atoms with van der Waals surface area (Å²) < 4.78 is 33.9. The number of esters is 2. The van der Waals surface area contributed by atoms with E-state index in [1.807, 2.05) is 18.2 Å². The van der Waals surface area contributed by atoms with E-state index in [4.69, 9.17) is 23.4 Å². The van der Waals surface area contributed by atoms with Gasteiger partial charge in [0, 0.05) is 11.6 Å². The number of ether oxygens (including phenoxy) is 5. The van der Waals surface area contributed by atoms with Crippen molar-refractivity contribution in [3.8, 4) is 23.0 Å². The van der Waals surface area contributed by atoms with E-state index < -0.39 is 32.3 Å². The quantitative estimate of drug-likeness (QED) is 0.246. The van der Waals surface area contributed by atoms with Crippen LogP contribution >= 0.6 is 0 Å². The minimum atomic E-state index is -2.11. The van der Waals surface area contributed by atoms with Gasteiger partial charge in [-0.15, -0.1) is 0 Å². The summed E-state index contributed by atoms with van der Waals surface area (Å²) in [5.74, 6) is 0.361. The van der Waals surface area contributed by atoms with Crippen molar-refractivity contribution >= 4 is 26.3 Å². The van der Waals surface area contributed by atoms with Gasteiger partial charge in [0.05, 0.1) is 28.4 Å². The molecule has 0 amide bonds. The van der Waals surface area contributed by atoms with Crippen LogP contribution in [0.4, 0.5) is 0 Å². The Bertz CT molecular complexity index is 1200. The topological polar surface area (TPSA) is 89.5 Å². The molecule has 0 unspecified atom stereocenters. The Morgan fingerprint density at radius 3 is 2.16 bits per heavy atom. The van der Waals surface area contributed by atoms with Crippen LogP contribution in [0, 0.1) is 0 Å². The van der Waals surface area contributed by atoms with E-state index in [1.54, 1.807) is 25.3 Å². The monoisotopic (exact) mass is 528 g/mol. The van der Waals surface area contributed by atoms with E-state index in [0.29, 0.717) is 34.1 Å². The smallest absolute Gasteiger partial charge is 0.330 e. The number of rotatable bonds is 8. The van der Waals surface area contributed by atoms with E-state index in [1.165, 1.54) is 27.4 Å². The summed E-state index contributed by atoms with van der Waals surface area (Å²) in [5.41, 5.74) is 1.97. The molecule has 200 valence electrons. The Morgan fingerprint density at radius 2 is 1.59 bits per heavy atom. The van der Waals surface area contributed by atoms with Crippen molar-refractivity contribution in [2.45, 2.75) is 50.9 Å². The summed E-state index contributed by atoms with van der Waals surface area (Å²) in [5, 5.41) is 0.0133. The Kier molecular flexibility index (Phi) is 8.27. The van der Waals surface area contributed by atoms with Crippen molar-refractivity contribution in [2.75, 3.05) is 28.4 Å². The zero-order chi connectivity index (χ0) is 27.5. The van der Waals surface area contributed by atoms with Gasteiger partial charge in [-0.2, -0.15) is 0 Å². The van der Waals surface area contributed by atoms with Crippen LogP contribution in [0.15, 0.2) is 36.4 Å². The van der Waals surface area contributed by atoms with Crippen molar-refractivity contribution in [2.24, 2.45) is 0 Å². The number of fused-ring (bicyclic) bond motifs is 1. The van der Waals surface area contributed by atoms with E-state index in [2.05, 4.69) is 38.6 Å². The van der Waals surface area contributed by atoms with Crippen LogP contribution < -0.4 is 18.6 Å². The molecule has 0 radical (unpaired) electrons.